The summed E-state index contributed by atoms with van der Waals surface area (Å²) < 4.78 is 0. The molecule has 0 aromatic carbocycles. The van der Waals surface area contributed by atoms with E-state index < -0.39 is 11.9 Å². The van der Waals surface area contributed by atoms with Gasteiger partial charge < -0.3 is 29.6 Å². The molecule has 0 atom stereocenters. The number of aliphatic carboxylic acids is 2. The van der Waals surface area contributed by atoms with Gasteiger partial charge in [0.1, 0.15) is 11.9 Å². The molecule has 2 rings (SSSR count). The third-order valence-corrected chi connectivity index (χ3v) is 5.47. The fraction of sp³-hybridized carbons (Fsp3) is 0.571. The van der Waals surface area contributed by atoms with Gasteiger partial charge in [-0.25, -0.2) is 0 Å². The summed E-state index contributed by atoms with van der Waals surface area (Å²) in [5.41, 5.74) is 4.16. The number of nitrogens with zero attached hydrogens (tertiary/aromatic N) is 4. The van der Waals surface area contributed by atoms with Crippen LogP contribution in [0.3, 0.4) is 0 Å². The second-order valence-electron chi connectivity index (χ2n) is 10.1. The van der Waals surface area contributed by atoms with Gasteiger partial charge in [0.25, 0.3) is 0 Å². The van der Waals surface area contributed by atoms with E-state index in [2.05, 4.69) is 9.98 Å². The number of carbonyl (C=O) groups is 2. The van der Waals surface area contributed by atoms with Gasteiger partial charge in [0, 0.05) is 48.4 Å². The van der Waals surface area contributed by atoms with Crippen LogP contribution in [0.1, 0.15) is 82.1 Å². The summed E-state index contributed by atoms with van der Waals surface area (Å²) in [6.45, 7) is 19.2. The maximum Gasteiger partial charge on any atom is 2.00 e. The van der Waals surface area contributed by atoms with Crippen LogP contribution < -0.4 is 10.2 Å². The molecular weight excluding hydrogens is 515 g/mol. The predicted octanol–water partition coefficient (Wildman–Crippen LogP) is 2.97. The molecule has 0 aliphatic heterocycles. The van der Waals surface area contributed by atoms with Crippen LogP contribution in [-0.2, 0) is 26.4 Å². The molecule has 37 heavy (non-hydrogen) atoms. The molecule has 0 aromatic heterocycles. The van der Waals surface area contributed by atoms with Gasteiger partial charge in [0.05, 0.1) is 0 Å². The molecular formula is C28H42CoN4O4. The van der Waals surface area contributed by atoms with Crippen molar-refractivity contribution in [2.45, 2.75) is 106 Å². The van der Waals surface area contributed by atoms with Crippen molar-refractivity contribution in [1.29, 1.82) is 0 Å². The van der Waals surface area contributed by atoms with Crippen LogP contribution in [0, 0.1) is 0 Å². The summed E-state index contributed by atoms with van der Waals surface area (Å²) in [6, 6.07) is -0.0839. The van der Waals surface area contributed by atoms with E-state index >= 15 is 0 Å². The quantitative estimate of drug-likeness (QED) is 0.367. The minimum absolute atomic E-state index is 0. The zero-order valence-electron chi connectivity index (χ0n) is 23.8. The average Bonchev–Trinajstić information content (AvgIpc) is 3.35. The Bertz CT molecular complexity index is 922. The van der Waals surface area contributed by atoms with Gasteiger partial charge in [0.15, 0.2) is 11.7 Å². The normalized spacial score (nSPS) is 15.6. The number of aliphatic imine (C=N–C) groups is 2. The standard InChI is InChI=1S/2C14H22N2O2.Co/c2*1-9(2)15-13(14(17)18)16(10(3)4)12-8-6-7-11(12)5;/h2*6-7,9-10H,8H2,1-5H3,(H,17,18);/q;;+2/p-2. The molecule has 0 heterocycles. The molecule has 1 radical (unpaired) electrons. The largest absolute Gasteiger partial charge is 2.00 e. The molecule has 2 aliphatic carbocycles. The average molecular weight is 558 g/mol. The predicted molar refractivity (Wildman–Crippen MR) is 142 cm³/mol. The van der Waals surface area contributed by atoms with E-state index in [-0.39, 0.29) is 52.6 Å². The Morgan fingerprint density at radius 2 is 1.00 bits per heavy atom. The van der Waals surface area contributed by atoms with Crippen LogP contribution in [0.25, 0.3) is 0 Å². The number of carbonyl (C=O) groups excluding carboxylic acids is 2. The summed E-state index contributed by atoms with van der Waals surface area (Å²) in [4.78, 5) is 34.6. The number of hydrogen-bond acceptors (Lipinski definition) is 6. The number of carboxylic acid groups (broad SMARTS) is 2. The second-order valence-corrected chi connectivity index (χ2v) is 10.1. The van der Waals surface area contributed by atoms with Crippen molar-refractivity contribution in [3.05, 3.63) is 46.8 Å². The number of rotatable bonds is 6. The SMILES string of the molecule is CC1=C(N(C(=NC(C)C)C(=O)[O-])C(C)C)CC=C1.CC1=C(N(C(=NC(C)C)C(=O)[O-])C(C)C)CC=C1.[Co+2]. The van der Waals surface area contributed by atoms with Gasteiger partial charge in [-0.2, -0.15) is 0 Å². The molecule has 9 heteroatoms. The molecule has 2 aliphatic rings. The third-order valence-electron chi connectivity index (χ3n) is 5.47. The van der Waals surface area contributed by atoms with Gasteiger partial charge in [0.2, 0.25) is 0 Å². The van der Waals surface area contributed by atoms with Crippen LogP contribution in [0.5, 0.6) is 0 Å². The van der Waals surface area contributed by atoms with Gasteiger partial charge in [-0.1, -0.05) is 24.3 Å². The van der Waals surface area contributed by atoms with Crippen LogP contribution in [-0.4, -0.2) is 57.6 Å². The first-order chi connectivity index (χ1) is 16.7. The summed E-state index contributed by atoms with van der Waals surface area (Å²) in [5.74, 6) is -2.38. The minimum atomic E-state index is -1.22. The van der Waals surface area contributed by atoms with E-state index in [1.54, 1.807) is 9.80 Å². The molecule has 0 N–H and O–H groups in total. The fourth-order valence-corrected chi connectivity index (χ4v) is 4.07. The zero-order chi connectivity index (χ0) is 27.7. The van der Waals surface area contributed by atoms with Crippen molar-refractivity contribution < 1.29 is 36.6 Å². The molecule has 0 bridgehead atoms. The van der Waals surface area contributed by atoms with Crippen molar-refractivity contribution in [1.82, 2.24) is 9.80 Å². The molecule has 0 aromatic rings. The first-order valence-electron chi connectivity index (χ1n) is 12.6. The van der Waals surface area contributed by atoms with E-state index in [1.165, 1.54) is 0 Å². The summed E-state index contributed by atoms with van der Waals surface area (Å²) in [5, 5.41) is 22.6. The number of allylic oxidation sites excluding steroid dienone is 6. The number of hydrogen-bond donors (Lipinski definition) is 0. The maximum absolute atomic E-state index is 11.3. The van der Waals surface area contributed by atoms with Crippen molar-refractivity contribution in [3.63, 3.8) is 0 Å². The van der Waals surface area contributed by atoms with E-state index in [0.717, 1.165) is 35.4 Å². The molecule has 0 saturated heterocycles. The first-order valence-corrected chi connectivity index (χ1v) is 12.6. The Morgan fingerprint density at radius 3 is 1.16 bits per heavy atom. The number of carboxylic acids is 2. The van der Waals surface area contributed by atoms with Gasteiger partial charge in [-0.15, -0.1) is 0 Å². The third kappa shape index (κ3) is 9.96. The molecule has 8 nitrogen and oxygen atoms in total. The molecule has 0 unspecified atom stereocenters. The topological polar surface area (TPSA) is 111 Å². The molecule has 0 saturated carbocycles. The van der Waals surface area contributed by atoms with E-state index in [4.69, 9.17) is 0 Å². The Morgan fingerprint density at radius 1 is 0.703 bits per heavy atom. The van der Waals surface area contributed by atoms with Crippen LogP contribution in [0.4, 0.5) is 0 Å². The van der Waals surface area contributed by atoms with Gasteiger partial charge in [-0.3, -0.25) is 9.98 Å². The van der Waals surface area contributed by atoms with Crippen molar-refractivity contribution in [3.8, 4) is 0 Å². The Balaban J connectivity index is 0.000000682. The van der Waals surface area contributed by atoms with Crippen molar-refractivity contribution in [2.24, 2.45) is 9.98 Å². The molecule has 207 valence electrons. The molecule has 0 fully saturated rings. The minimum Gasteiger partial charge on any atom is -0.542 e. The van der Waals surface area contributed by atoms with Crippen molar-refractivity contribution >= 4 is 23.6 Å². The number of amidine groups is 2. The Kier molecular flexibility index (Phi) is 14.4. The molecule has 0 spiro atoms. The summed E-state index contributed by atoms with van der Waals surface area (Å²) >= 11 is 0. The fourth-order valence-electron chi connectivity index (χ4n) is 4.07. The van der Waals surface area contributed by atoms with E-state index in [0.29, 0.717) is 0 Å². The van der Waals surface area contributed by atoms with Crippen LogP contribution in [0.2, 0.25) is 0 Å². The van der Waals surface area contributed by atoms with E-state index in [1.807, 2.05) is 93.5 Å². The second kappa shape index (κ2) is 15.6. The van der Waals surface area contributed by atoms with Gasteiger partial charge in [-0.05, 0) is 80.4 Å². The van der Waals surface area contributed by atoms with Crippen LogP contribution >= 0.6 is 0 Å². The smallest absolute Gasteiger partial charge is 0.542 e. The summed E-state index contributed by atoms with van der Waals surface area (Å²) in [7, 11) is 0. The molecule has 0 amide bonds. The summed E-state index contributed by atoms with van der Waals surface area (Å²) in [6.07, 6.45) is 9.56. The maximum atomic E-state index is 11.3. The van der Waals surface area contributed by atoms with Crippen LogP contribution in [0.15, 0.2) is 56.8 Å². The zero-order valence-corrected chi connectivity index (χ0v) is 24.8. The van der Waals surface area contributed by atoms with Crippen molar-refractivity contribution in [2.75, 3.05) is 0 Å². The van der Waals surface area contributed by atoms with E-state index in [9.17, 15) is 19.8 Å². The Labute approximate surface area is 232 Å². The first kappa shape index (κ1) is 34.3. The van der Waals surface area contributed by atoms with Gasteiger partial charge >= 0.3 is 16.8 Å². The Hall–Kier alpha value is -2.65. The monoisotopic (exact) mass is 557 g/mol.